The monoisotopic (exact) mass is 365 g/mol. The summed E-state index contributed by atoms with van der Waals surface area (Å²) in [7, 11) is 0. The van der Waals surface area contributed by atoms with E-state index in [2.05, 4.69) is 62.7 Å². The third-order valence-electron chi connectivity index (χ3n) is 5.37. The fraction of sp³-hybridized carbons (Fsp3) is 0.476. The Bertz CT molecular complexity index is 842. The summed E-state index contributed by atoms with van der Waals surface area (Å²) >= 11 is 0. The maximum absolute atomic E-state index is 6.30. The number of hydrogen-bond acceptors (Lipinski definition) is 5. The molecular formula is C21H27N5O. The van der Waals surface area contributed by atoms with Crippen molar-refractivity contribution >= 4 is 16.9 Å². The Hall–Kier alpha value is -2.47. The fourth-order valence-electron chi connectivity index (χ4n) is 3.83. The Morgan fingerprint density at radius 2 is 1.96 bits per heavy atom. The Kier molecular flexibility index (Phi) is 5.63. The van der Waals surface area contributed by atoms with Gasteiger partial charge in [0.1, 0.15) is 12.1 Å². The number of nitrogens with one attached hydrogen (secondary N) is 2. The van der Waals surface area contributed by atoms with Crippen LogP contribution in [0.5, 0.6) is 0 Å². The minimum Gasteiger partial charge on any atom is -0.375 e. The van der Waals surface area contributed by atoms with E-state index in [1.807, 2.05) is 0 Å². The van der Waals surface area contributed by atoms with Crippen LogP contribution in [0.25, 0.3) is 11.0 Å². The van der Waals surface area contributed by atoms with Gasteiger partial charge in [0.15, 0.2) is 5.65 Å². The van der Waals surface area contributed by atoms with Crippen molar-refractivity contribution in [1.29, 1.82) is 0 Å². The minimum absolute atomic E-state index is 0.298. The molecular weight excluding hydrogens is 338 g/mol. The van der Waals surface area contributed by atoms with Crippen LogP contribution in [-0.2, 0) is 11.2 Å². The zero-order valence-electron chi connectivity index (χ0n) is 15.8. The average molecular weight is 365 g/mol. The molecule has 6 nitrogen and oxygen atoms in total. The lowest BCUT2D eigenvalue weighted by atomic mass is 9.92. The summed E-state index contributed by atoms with van der Waals surface area (Å²) in [6, 6.07) is 11.1. The van der Waals surface area contributed by atoms with Crippen LogP contribution < -0.4 is 5.32 Å². The van der Waals surface area contributed by atoms with Crippen LogP contribution in [-0.4, -0.2) is 38.4 Å². The number of fused-ring (bicyclic) bond motifs is 1. The number of benzene rings is 1. The highest BCUT2D eigenvalue weighted by Gasteiger charge is 2.24. The third kappa shape index (κ3) is 4.63. The standard InChI is InChI=1S/C21H27N5O/c1-15(7-8-16-5-3-2-4-6-16)27-18-11-9-17(10-12-18)25-20-19-13-24-26-21(19)23-14-22-20/h2-6,13-15,17-18H,7-12H2,1H3,(H2,22,23,24,25,26)/t15-,17?,18?/m0/s1. The van der Waals surface area contributed by atoms with Crippen molar-refractivity contribution in [3.8, 4) is 0 Å². The molecule has 2 heterocycles. The van der Waals surface area contributed by atoms with Crippen molar-refractivity contribution < 1.29 is 4.74 Å². The second-order valence-electron chi connectivity index (χ2n) is 7.44. The highest BCUT2D eigenvalue weighted by Crippen LogP contribution is 2.27. The highest BCUT2D eigenvalue weighted by molar-refractivity contribution is 5.85. The van der Waals surface area contributed by atoms with Crippen molar-refractivity contribution in [1.82, 2.24) is 20.2 Å². The van der Waals surface area contributed by atoms with Crippen molar-refractivity contribution in [3.63, 3.8) is 0 Å². The van der Waals surface area contributed by atoms with Gasteiger partial charge in [-0.1, -0.05) is 30.3 Å². The maximum Gasteiger partial charge on any atom is 0.160 e. The molecule has 0 aliphatic heterocycles. The van der Waals surface area contributed by atoms with Crippen LogP contribution in [0.3, 0.4) is 0 Å². The van der Waals surface area contributed by atoms with E-state index in [1.54, 1.807) is 12.5 Å². The molecule has 0 unspecified atom stereocenters. The zero-order chi connectivity index (χ0) is 18.5. The molecule has 1 aliphatic carbocycles. The molecule has 1 aliphatic rings. The number of anilines is 1. The first-order chi connectivity index (χ1) is 13.3. The molecule has 2 N–H and O–H groups in total. The first kappa shape index (κ1) is 17.9. The van der Waals surface area contributed by atoms with Crippen LogP contribution >= 0.6 is 0 Å². The molecule has 4 rings (SSSR count). The molecule has 0 radical (unpaired) electrons. The molecule has 1 aromatic carbocycles. The summed E-state index contributed by atoms with van der Waals surface area (Å²) in [6.45, 7) is 2.20. The molecule has 142 valence electrons. The van der Waals surface area contributed by atoms with E-state index in [-0.39, 0.29) is 0 Å². The molecule has 0 amide bonds. The van der Waals surface area contributed by atoms with Gasteiger partial charge in [-0.15, -0.1) is 0 Å². The molecule has 0 spiro atoms. The van der Waals surface area contributed by atoms with E-state index in [1.165, 1.54) is 5.56 Å². The zero-order valence-corrected chi connectivity index (χ0v) is 15.8. The normalized spacial score (nSPS) is 21.2. The molecule has 2 aromatic heterocycles. The summed E-state index contributed by atoms with van der Waals surface area (Å²) in [5.74, 6) is 0.870. The SMILES string of the molecule is C[C@@H](CCc1ccccc1)OC1CCC(Nc2ncnc3[nH]ncc23)CC1. The molecule has 1 fully saturated rings. The average Bonchev–Trinajstić information content (AvgIpc) is 3.19. The molecule has 1 atom stereocenters. The van der Waals surface area contributed by atoms with Crippen LogP contribution in [0.15, 0.2) is 42.9 Å². The molecule has 3 aromatic rings. The first-order valence-electron chi connectivity index (χ1n) is 9.88. The lowest BCUT2D eigenvalue weighted by molar-refractivity contribution is -0.0253. The van der Waals surface area contributed by atoms with Crippen LogP contribution in [0.2, 0.25) is 0 Å². The van der Waals surface area contributed by atoms with Crippen molar-refractivity contribution in [2.45, 2.75) is 63.7 Å². The predicted molar refractivity (Wildman–Crippen MR) is 107 cm³/mol. The Morgan fingerprint density at radius 3 is 2.78 bits per heavy atom. The second-order valence-corrected chi connectivity index (χ2v) is 7.44. The van der Waals surface area contributed by atoms with Crippen LogP contribution in [0.1, 0.15) is 44.6 Å². The quantitative estimate of drug-likeness (QED) is 0.659. The summed E-state index contributed by atoms with van der Waals surface area (Å²) in [4.78, 5) is 8.57. The van der Waals surface area contributed by atoms with E-state index < -0.39 is 0 Å². The van der Waals surface area contributed by atoms with E-state index in [0.29, 0.717) is 18.2 Å². The van der Waals surface area contributed by atoms with Gasteiger partial charge in [-0.25, -0.2) is 9.97 Å². The molecule has 27 heavy (non-hydrogen) atoms. The number of hydrogen-bond donors (Lipinski definition) is 2. The third-order valence-corrected chi connectivity index (χ3v) is 5.37. The van der Waals surface area contributed by atoms with Gasteiger partial charge >= 0.3 is 0 Å². The number of aromatic nitrogens is 4. The van der Waals surface area contributed by atoms with E-state index in [9.17, 15) is 0 Å². The van der Waals surface area contributed by atoms with Gasteiger partial charge < -0.3 is 10.1 Å². The van der Waals surface area contributed by atoms with E-state index in [4.69, 9.17) is 4.74 Å². The summed E-state index contributed by atoms with van der Waals surface area (Å²) in [5, 5.41) is 11.5. The fourth-order valence-corrected chi connectivity index (χ4v) is 3.83. The van der Waals surface area contributed by atoms with Gasteiger partial charge in [-0.2, -0.15) is 5.10 Å². The second kappa shape index (κ2) is 8.48. The van der Waals surface area contributed by atoms with Gasteiger partial charge in [-0.3, -0.25) is 5.10 Å². The first-order valence-corrected chi connectivity index (χ1v) is 9.88. The Labute approximate surface area is 159 Å². The van der Waals surface area contributed by atoms with E-state index in [0.717, 1.165) is 55.4 Å². The minimum atomic E-state index is 0.298. The Balaban J connectivity index is 1.22. The van der Waals surface area contributed by atoms with Crippen molar-refractivity contribution in [2.24, 2.45) is 0 Å². The maximum atomic E-state index is 6.30. The molecule has 0 bridgehead atoms. The number of H-pyrrole nitrogens is 1. The summed E-state index contributed by atoms with van der Waals surface area (Å²) in [6.07, 6.45) is 10.5. The van der Waals surface area contributed by atoms with Gasteiger partial charge in [0, 0.05) is 6.04 Å². The van der Waals surface area contributed by atoms with Crippen molar-refractivity contribution in [2.75, 3.05) is 5.32 Å². The largest absolute Gasteiger partial charge is 0.375 e. The van der Waals surface area contributed by atoms with Crippen molar-refractivity contribution in [3.05, 3.63) is 48.4 Å². The lowest BCUT2D eigenvalue weighted by Gasteiger charge is -2.31. The van der Waals surface area contributed by atoms with E-state index >= 15 is 0 Å². The number of nitrogens with zero attached hydrogens (tertiary/aromatic N) is 3. The summed E-state index contributed by atoms with van der Waals surface area (Å²) < 4.78 is 6.30. The lowest BCUT2D eigenvalue weighted by Crippen LogP contribution is -2.32. The number of ether oxygens (including phenoxy) is 1. The van der Waals surface area contributed by atoms with Gasteiger partial charge in [0.05, 0.1) is 23.8 Å². The van der Waals surface area contributed by atoms with Crippen LogP contribution in [0.4, 0.5) is 5.82 Å². The van der Waals surface area contributed by atoms with Crippen LogP contribution in [0, 0.1) is 0 Å². The highest BCUT2D eigenvalue weighted by atomic mass is 16.5. The van der Waals surface area contributed by atoms with Gasteiger partial charge in [0.25, 0.3) is 0 Å². The predicted octanol–water partition coefficient (Wildman–Crippen LogP) is 4.11. The number of aromatic amines is 1. The molecule has 6 heteroatoms. The topological polar surface area (TPSA) is 75.7 Å². The van der Waals surface area contributed by atoms with Gasteiger partial charge in [-0.05, 0) is 51.0 Å². The Morgan fingerprint density at radius 1 is 1.15 bits per heavy atom. The smallest absolute Gasteiger partial charge is 0.160 e. The number of aryl methyl sites for hydroxylation is 1. The molecule has 1 saturated carbocycles. The van der Waals surface area contributed by atoms with Gasteiger partial charge in [0.2, 0.25) is 0 Å². The number of rotatable bonds is 7. The molecule has 0 saturated heterocycles. The summed E-state index contributed by atoms with van der Waals surface area (Å²) in [5.41, 5.74) is 2.16.